The highest BCUT2D eigenvalue weighted by atomic mass is 16.3. The van der Waals surface area contributed by atoms with Gasteiger partial charge in [-0.1, -0.05) is 26.0 Å². The van der Waals surface area contributed by atoms with E-state index in [0.29, 0.717) is 30.1 Å². The van der Waals surface area contributed by atoms with Gasteiger partial charge in [-0.3, -0.25) is 15.1 Å². The normalized spacial score (nSPS) is 17.0. The number of hydrogen-bond donors (Lipinski definition) is 5. The first-order chi connectivity index (χ1) is 20.1. The molecule has 2 aromatic rings. The van der Waals surface area contributed by atoms with Crippen LogP contribution in [0.5, 0.6) is 11.5 Å². The second kappa shape index (κ2) is 14.0. The lowest BCUT2D eigenvalue weighted by atomic mass is 9.95. The number of nitrogens with two attached hydrogens (primary N) is 2. The van der Waals surface area contributed by atoms with E-state index in [1.165, 1.54) is 12.1 Å². The molecule has 11 heteroatoms. The highest BCUT2D eigenvalue weighted by Crippen LogP contribution is 2.33. The monoisotopic (exact) mass is 579 g/mol. The van der Waals surface area contributed by atoms with Gasteiger partial charge in [0.25, 0.3) is 0 Å². The summed E-state index contributed by atoms with van der Waals surface area (Å²) < 4.78 is 0. The molecule has 0 unspecified atom stereocenters. The van der Waals surface area contributed by atoms with E-state index in [1.807, 2.05) is 30.9 Å². The van der Waals surface area contributed by atoms with Crippen LogP contribution in [-0.2, 0) is 11.3 Å². The molecule has 0 spiro atoms. The van der Waals surface area contributed by atoms with Crippen LogP contribution in [0.2, 0.25) is 0 Å². The molecule has 11 nitrogen and oxygen atoms in total. The van der Waals surface area contributed by atoms with Crippen molar-refractivity contribution in [3.8, 4) is 11.5 Å². The summed E-state index contributed by atoms with van der Waals surface area (Å²) in [5, 5.41) is 29.3. The number of carbonyl (C=O) groups is 2. The Labute approximate surface area is 248 Å². The van der Waals surface area contributed by atoms with Gasteiger partial charge in [0.15, 0.2) is 0 Å². The average Bonchev–Trinajstić information content (AvgIpc) is 2.95. The zero-order valence-corrected chi connectivity index (χ0v) is 24.8. The Bertz CT molecular complexity index is 1250. The molecule has 0 aliphatic carbocycles. The third-order valence-corrected chi connectivity index (χ3v) is 8.37. The van der Waals surface area contributed by atoms with Crippen molar-refractivity contribution in [1.29, 1.82) is 5.41 Å². The maximum absolute atomic E-state index is 12.4. The number of piperidine rings is 1. The molecule has 0 atom stereocenters. The second-order valence-electron chi connectivity index (χ2n) is 11.7. The molecule has 0 bridgehead atoms. The number of phenolic OH excluding ortho intramolecular Hbond substituents is 2. The molecule has 2 aliphatic rings. The number of likely N-dealkylation sites (tertiary alicyclic amines) is 1. The number of rotatable bonds is 9. The zero-order valence-electron chi connectivity index (χ0n) is 24.8. The number of phenols is 2. The average molecular weight is 580 g/mol. The minimum atomic E-state index is -0.838. The van der Waals surface area contributed by atoms with Gasteiger partial charge in [0.2, 0.25) is 5.91 Å². The quantitative estimate of drug-likeness (QED) is 0.225. The van der Waals surface area contributed by atoms with Crippen molar-refractivity contribution in [3.05, 3.63) is 53.1 Å². The van der Waals surface area contributed by atoms with Crippen molar-refractivity contribution in [2.75, 3.05) is 57.3 Å². The third-order valence-electron chi connectivity index (χ3n) is 8.37. The first-order valence-corrected chi connectivity index (χ1v) is 14.8. The molecule has 3 amide bonds. The molecular formula is C31H45N7O4. The third kappa shape index (κ3) is 7.58. The Balaban J connectivity index is 1.30. The van der Waals surface area contributed by atoms with Crippen LogP contribution in [0.1, 0.15) is 55.7 Å². The molecule has 2 aromatic carbocycles. The van der Waals surface area contributed by atoms with Gasteiger partial charge in [-0.25, -0.2) is 9.69 Å². The molecule has 2 aliphatic heterocycles. The van der Waals surface area contributed by atoms with E-state index in [4.69, 9.17) is 16.9 Å². The minimum absolute atomic E-state index is 0.0444. The van der Waals surface area contributed by atoms with E-state index >= 15 is 0 Å². The summed E-state index contributed by atoms with van der Waals surface area (Å²) in [4.78, 5) is 32.4. The predicted octanol–water partition coefficient (Wildman–Crippen LogP) is 2.84. The maximum atomic E-state index is 12.4. The van der Waals surface area contributed by atoms with Crippen LogP contribution in [0.15, 0.2) is 36.4 Å². The Morgan fingerprint density at radius 3 is 2.17 bits per heavy atom. The van der Waals surface area contributed by atoms with E-state index in [9.17, 15) is 19.8 Å². The van der Waals surface area contributed by atoms with Crippen molar-refractivity contribution in [3.63, 3.8) is 0 Å². The number of nitrogens with zero attached hydrogens (tertiary/aromatic N) is 4. The van der Waals surface area contributed by atoms with Gasteiger partial charge in [-0.05, 0) is 54.0 Å². The van der Waals surface area contributed by atoms with E-state index in [0.717, 1.165) is 75.7 Å². The zero-order chi connectivity index (χ0) is 30.4. The van der Waals surface area contributed by atoms with Crippen molar-refractivity contribution >= 4 is 23.5 Å². The van der Waals surface area contributed by atoms with Crippen LogP contribution in [0.25, 0.3) is 0 Å². The predicted molar refractivity (Wildman–Crippen MR) is 164 cm³/mol. The van der Waals surface area contributed by atoms with Crippen LogP contribution in [-0.4, -0.2) is 95.0 Å². The van der Waals surface area contributed by atoms with Gasteiger partial charge >= 0.3 is 6.03 Å². The van der Waals surface area contributed by atoms with Crippen molar-refractivity contribution in [2.24, 2.45) is 17.4 Å². The summed E-state index contributed by atoms with van der Waals surface area (Å²) in [6, 6.07) is 9.26. The van der Waals surface area contributed by atoms with Gasteiger partial charge in [0.05, 0.1) is 11.3 Å². The Morgan fingerprint density at radius 2 is 1.60 bits per heavy atom. The summed E-state index contributed by atoms with van der Waals surface area (Å²) in [6.45, 7) is 11.7. The topological polar surface area (TPSA) is 163 Å². The number of nitrogens with one attached hydrogen (secondary N) is 1. The molecule has 0 radical (unpaired) electrons. The van der Waals surface area contributed by atoms with E-state index in [-0.39, 0.29) is 34.7 Å². The van der Waals surface area contributed by atoms with E-state index in [1.54, 1.807) is 12.1 Å². The fourth-order valence-electron chi connectivity index (χ4n) is 5.88. The summed E-state index contributed by atoms with van der Waals surface area (Å²) in [5.41, 5.74) is 13.4. The van der Waals surface area contributed by atoms with Crippen LogP contribution < -0.4 is 16.4 Å². The summed E-state index contributed by atoms with van der Waals surface area (Å²) >= 11 is 0. The maximum Gasteiger partial charge on any atom is 0.325 e. The Morgan fingerprint density at radius 1 is 0.976 bits per heavy atom. The molecule has 2 heterocycles. The molecule has 0 saturated carbocycles. The lowest BCUT2D eigenvalue weighted by molar-refractivity contribution is -0.132. The minimum Gasteiger partial charge on any atom is -0.508 e. The number of carbonyl (C=O) groups excluding carboxylic acids is 2. The van der Waals surface area contributed by atoms with Crippen LogP contribution in [0.3, 0.4) is 0 Å². The number of amidine groups is 1. The molecule has 228 valence electrons. The van der Waals surface area contributed by atoms with E-state index < -0.39 is 6.03 Å². The number of amides is 3. The molecule has 4 rings (SSSR count). The largest absolute Gasteiger partial charge is 0.508 e. The summed E-state index contributed by atoms with van der Waals surface area (Å²) in [5.74, 6) is 0.128. The number of hydrogen-bond acceptors (Lipinski definition) is 8. The number of piperazine rings is 1. The van der Waals surface area contributed by atoms with Crippen LogP contribution in [0, 0.1) is 11.3 Å². The molecule has 2 saturated heterocycles. The van der Waals surface area contributed by atoms with Crippen LogP contribution in [0.4, 0.5) is 10.5 Å². The number of aromatic hydroxyl groups is 2. The van der Waals surface area contributed by atoms with Gasteiger partial charge in [0.1, 0.15) is 17.3 Å². The van der Waals surface area contributed by atoms with Crippen LogP contribution >= 0.6 is 0 Å². The van der Waals surface area contributed by atoms with Gasteiger partial charge < -0.3 is 31.5 Å². The van der Waals surface area contributed by atoms with Crippen molar-refractivity contribution in [2.45, 2.75) is 45.6 Å². The van der Waals surface area contributed by atoms with Gasteiger partial charge in [-0.2, -0.15) is 0 Å². The Hall–Kier alpha value is -3.67. The fourth-order valence-corrected chi connectivity index (χ4v) is 5.88. The molecule has 2 fully saturated rings. The molecule has 0 aromatic heterocycles. The first kappa shape index (κ1) is 31.3. The first-order valence-electron chi connectivity index (χ1n) is 14.8. The molecule has 7 N–H and O–H groups in total. The number of benzene rings is 2. The van der Waals surface area contributed by atoms with Crippen molar-refractivity contribution < 1.29 is 19.8 Å². The SMILES string of the molecule is CC(C)c1cc(C(=N)N(C(N)=O)c2ccc(CN3CCN(CC4CCN(C(=O)CCN)CC4)CC3)cc2)c(O)cc1O. The van der Waals surface area contributed by atoms with Gasteiger partial charge in [-0.15, -0.1) is 0 Å². The lowest BCUT2D eigenvalue weighted by Crippen LogP contribution is -2.48. The standard InChI is InChI=1S/C31H45N7O4/c1-21(2)25-17-26(28(40)18-27(25)39)30(33)38(31(34)42)24-5-3-22(4-6-24)19-35-13-15-36(16-14-35)20-23-8-11-37(12-9-23)29(41)7-10-32/h3-6,17-18,21,23,33,39-40H,7-16,19-20,32H2,1-2H3,(H2,34,42). The smallest absolute Gasteiger partial charge is 0.325 e. The van der Waals surface area contributed by atoms with Crippen molar-refractivity contribution in [1.82, 2.24) is 14.7 Å². The Kier molecular flexibility index (Phi) is 10.4. The van der Waals surface area contributed by atoms with E-state index in [2.05, 4.69) is 9.80 Å². The summed E-state index contributed by atoms with van der Waals surface area (Å²) in [7, 11) is 0. The lowest BCUT2D eigenvalue weighted by Gasteiger charge is -2.39. The molecular weight excluding hydrogens is 534 g/mol. The highest BCUT2D eigenvalue weighted by molar-refractivity contribution is 6.22. The summed E-state index contributed by atoms with van der Waals surface area (Å²) in [6.07, 6.45) is 2.54. The fraction of sp³-hybridized carbons (Fsp3) is 0.516. The molecule has 42 heavy (non-hydrogen) atoms. The highest BCUT2D eigenvalue weighted by Gasteiger charge is 2.27. The second-order valence-corrected chi connectivity index (χ2v) is 11.7. The number of primary amides is 1. The number of urea groups is 1. The number of anilines is 1. The van der Waals surface area contributed by atoms with Gasteiger partial charge in [0, 0.05) is 71.4 Å².